The molecule has 0 bridgehead atoms. The second-order valence-corrected chi connectivity index (χ2v) is 7.39. The van der Waals surface area contributed by atoms with Crippen molar-refractivity contribution in [3.05, 3.63) is 75.1 Å². The zero-order valence-electron chi connectivity index (χ0n) is 16.3. The first-order valence-electron chi connectivity index (χ1n) is 9.53. The number of anilines is 1. The molecule has 3 aromatic rings. The quantitative estimate of drug-likeness (QED) is 0.522. The van der Waals surface area contributed by atoms with Crippen molar-refractivity contribution in [2.24, 2.45) is 5.92 Å². The minimum absolute atomic E-state index is 0.0145. The SMILES string of the molecule is Cc1ccc2c(COC(=O)c3ccc(NC(=O)C4CC4)cc3)cc(=O)oc2c1C. The van der Waals surface area contributed by atoms with Crippen molar-refractivity contribution in [3.8, 4) is 0 Å². The van der Waals surface area contributed by atoms with Crippen LogP contribution in [0.2, 0.25) is 0 Å². The van der Waals surface area contributed by atoms with E-state index < -0.39 is 11.6 Å². The fourth-order valence-corrected chi connectivity index (χ4v) is 3.15. The maximum Gasteiger partial charge on any atom is 0.338 e. The molecule has 1 N–H and O–H groups in total. The lowest BCUT2D eigenvalue weighted by Crippen LogP contribution is -2.13. The molecule has 1 aliphatic rings. The van der Waals surface area contributed by atoms with E-state index in [-0.39, 0.29) is 18.4 Å². The number of amides is 1. The Morgan fingerprint density at radius 3 is 2.52 bits per heavy atom. The second-order valence-electron chi connectivity index (χ2n) is 7.39. The van der Waals surface area contributed by atoms with Crippen LogP contribution in [0.25, 0.3) is 11.0 Å². The third kappa shape index (κ3) is 4.06. The first-order valence-corrected chi connectivity index (χ1v) is 9.53. The monoisotopic (exact) mass is 391 g/mol. The van der Waals surface area contributed by atoms with E-state index in [9.17, 15) is 14.4 Å². The molecule has 1 aromatic heterocycles. The van der Waals surface area contributed by atoms with Crippen LogP contribution in [0.4, 0.5) is 5.69 Å². The minimum atomic E-state index is -0.504. The van der Waals surface area contributed by atoms with Crippen LogP contribution in [0.3, 0.4) is 0 Å². The molecule has 1 aliphatic carbocycles. The number of carbonyl (C=O) groups is 2. The van der Waals surface area contributed by atoms with Gasteiger partial charge in [-0.25, -0.2) is 9.59 Å². The Labute approximate surface area is 167 Å². The van der Waals surface area contributed by atoms with Gasteiger partial charge in [-0.3, -0.25) is 4.79 Å². The van der Waals surface area contributed by atoms with E-state index in [0.717, 1.165) is 29.4 Å². The summed E-state index contributed by atoms with van der Waals surface area (Å²) in [6.45, 7) is 3.79. The highest BCUT2D eigenvalue weighted by molar-refractivity contribution is 5.95. The smallest absolute Gasteiger partial charge is 0.338 e. The summed E-state index contributed by atoms with van der Waals surface area (Å²) in [5.41, 5.74) is 3.55. The third-order valence-corrected chi connectivity index (χ3v) is 5.21. The first-order chi connectivity index (χ1) is 13.9. The molecule has 0 aliphatic heterocycles. The van der Waals surface area contributed by atoms with Gasteiger partial charge in [0.1, 0.15) is 12.2 Å². The normalized spacial score (nSPS) is 13.3. The van der Waals surface area contributed by atoms with Crippen LogP contribution in [-0.2, 0) is 16.1 Å². The van der Waals surface area contributed by atoms with Crippen LogP contribution in [0.1, 0.15) is 39.9 Å². The number of ether oxygens (including phenoxy) is 1. The van der Waals surface area contributed by atoms with Crippen LogP contribution in [-0.4, -0.2) is 11.9 Å². The second kappa shape index (κ2) is 7.54. The lowest BCUT2D eigenvalue weighted by Gasteiger charge is -2.10. The van der Waals surface area contributed by atoms with Gasteiger partial charge in [0.15, 0.2) is 0 Å². The van der Waals surface area contributed by atoms with Crippen LogP contribution in [0.5, 0.6) is 0 Å². The Kier molecular flexibility index (Phi) is 4.92. The van der Waals surface area contributed by atoms with E-state index in [1.165, 1.54) is 6.07 Å². The summed E-state index contributed by atoms with van der Waals surface area (Å²) in [5, 5.41) is 3.58. The molecule has 4 rings (SSSR count). The number of hydrogen-bond donors (Lipinski definition) is 1. The lowest BCUT2D eigenvalue weighted by molar-refractivity contribution is -0.117. The Morgan fingerprint density at radius 1 is 1.10 bits per heavy atom. The lowest BCUT2D eigenvalue weighted by atomic mass is 10.0. The summed E-state index contributed by atoms with van der Waals surface area (Å²) in [4.78, 5) is 36.1. The largest absolute Gasteiger partial charge is 0.457 e. The molecule has 2 aromatic carbocycles. The number of rotatable bonds is 5. The summed E-state index contributed by atoms with van der Waals surface area (Å²) in [7, 11) is 0. The highest BCUT2D eigenvalue weighted by Crippen LogP contribution is 2.30. The van der Waals surface area contributed by atoms with Gasteiger partial charge in [0.05, 0.1) is 5.56 Å². The zero-order chi connectivity index (χ0) is 20.5. The first kappa shape index (κ1) is 18.9. The Balaban J connectivity index is 1.47. The van der Waals surface area contributed by atoms with Gasteiger partial charge in [-0.05, 0) is 62.1 Å². The van der Waals surface area contributed by atoms with Gasteiger partial charge < -0.3 is 14.5 Å². The van der Waals surface area contributed by atoms with Gasteiger partial charge in [-0.15, -0.1) is 0 Å². The molecule has 1 saturated carbocycles. The van der Waals surface area contributed by atoms with E-state index in [4.69, 9.17) is 9.15 Å². The van der Waals surface area contributed by atoms with Crippen LogP contribution >= 0.6 is 0 Å². The molecule has 0 radical (unpaired) electrons. The molecule has 1 fully saturated rings. The van der Waals surface area contributed by atoms with Gasteiger partial charge in [-0.1, -0.05) is 12.1 Å². The number of carbonyl (C=O) groups excluding carboxylic acids is 2. The maximum atomic E-state index is 12.4. The predicted molar refractivity (Wildman–Crippen MR) is 109 cm³/mol. The highest BCUT2D eigenvalue weighted by Gasteiger charge is 2.29. The number of fused-ring (bicyclic) bond motifs is 1. The molecule has 1 heterocycles. The fraction of sp³-hybridized carbons (Fsp3) is 0.261. The van der Waals surface area contributed by atoms with Gasteiger partial charge in [-0.2, -0.15) is 0 Å². The molecule has 148 valence electrons. The van der Waals surface area contributed by atoms with E-state index in [1.807, 2.05) is 26.0 Å². The van der Waals surface area contributed by atoms with Gasteiger partial charge >= 0.3 is 11.6 Å². The van der Waals surface area contributed by atoms with E-state index in [2.05, 4.69) is 5.32 Å². The molecule has 29 heavy (non-hydrogen) atoms. The minimum Gasteiger partial charge on any atom is -0.457 e. The van der Waals surface area contributed by atoms with Crippen molar-refractivity contribution >= 4 is 28.5 Å². The molecule has 6 heteroatoms. The number of esters is 1. The van der Waals surface area contributed by atoms with Crippen molar-refractivity contribution in [3.63, 3.8) is 0 Å². The zero-order valence-corrected chi connectivity index (χ0v) is 16.3. The van der Waals surface area contributed by atoms with Gasteiger partial charge in [0, 0.05) is 28.6 Å². The molecule has 0 spiro atoms. The third-order valence-electron chi connectivity index (χ3n) is 5.21. The van der Waals surface area contributed by atoms with Crippen LogP contribution < -0.4 is 10.9 Å². The highest BCUT2D eigenvalue weighted by atomic mass is 16.5. The number of benzene rings is 2. The summed E-state index contributed by atoms with van der Waals surface area (Å²) < 4.78 is 10.8. The number of aryl methyl sites for hydroxylation is 2. The molecule has 0 atom stereocenters. The van der Waals surface area contributed by atoms with Gasteiger partial charge in [0.25, 0.3) is 0 Å². The van der Waals surface area contributed by atoms with Crippen LogP contribution in [0.15, 0.2) is 51.7 Å². The Bertz CT molecular complexity index is 1160. The number of hydrogen-bond acceptors (Lipinski definition) is 5. The average molecular weight is 391 g/mol. The molecule has 6 nitrogen and oxygen atoms in total. The molecule has 1 amide bonds. The molecule has 0 saturated heterocycles. The van der Waals surface area contributed by atoms with Crippen molar-refractivity contribution in [1.29, 1.82) is 0 Å². The number of nitrogens with one attached hydrogen (secondary N) is 1. The van der Waals surface area contributed by atoms with E-state index in [1.54, 1.807) is 24.3 Å². The topological polar surface area (TPSA) is 85.6 Å². The fourth-order valence-electron chi connectivity index (χ4n) is 3.15. The van der Waals surface area contributed by atoms with Crippen molar-refractivity contribution in [2.75, 3.05) is 5.32 Å². The predicted octanol–water partition coefficient (Wildman–Crippen LogP) is 4.12. The van der Waals surface area contributed by atoms with E-state index >= 15 is 0 Å². The van der Waals surface area contributed by atoms with Crippen molar-refractivity contribution in [2.45, 2.75) is 33.3 Å². The average Bonchev–Trinajstić information content (AvgIpc) is 3.55. The maximum absolute atomic E-state index is 12.4. The summed E-state index contributed by atoms with van der Waals surface area (Å²) in [5.74, 6) is -0.374. The molecular formula is C23H21NO5. The standard InChI is InChI=1S/C23H21NO5/c1-13-3-10-19-17(11-20(25)29-21(19)14(13)2)12-28-23(27)16-6-8-18(9-7-16)24-22(26)15-4-5-15/h3,6-11,15H,4-5,12H2,1-2H3,(H,24,26). The van der Waals surface area contributed by atoms with Crippen molar-refractivity contribution < 1.29 is 18.7 Å². The van der Waals surface area contributed by atoms with Crippen LogP contribution in [0, 0.1) is 19.8 Å². The molecule has 0 unspecified atom stereocenters. The van der Waals surface area contributed by atoms with Crippen molar-refractivity contribution in [1.82, 2.24) is 0 Å². The Morgan fingerprint density at radius 2 is 1.83 bits per heavy atom. The van der Waals surface area contributed by atoms with E-state index in [0.29, 0.717) is 22.4 Å². The molecular weight excluding hydrogens is 370 g/mol. The van der Waals surface area contributed by atoms with Gasteiger partial charge in [0.2, 0.25) is 5.91 Å². The summed E-state index contributed by atoms with van der Waals surface area (Å²) in [6.07, 6.45) is 1.86. The Hall–Kier alpha value is -3.41. The summed E-state index contributed by atoms with van der Waals surface area (Å²) in [6, 6.07) is 11.7. The summed E-state index contributed by atoms with van der Waals surface area (Å²) >= 11 is 0.